The van der Waals surface area contributed by atoms with E-state index in [-0.39, 0.29) is 23.6 Å². The van der Waals surface area contributed by atoms with Gasteiger partial charge in [0.2, 0.25) is 0 Å². The lowest BCUT2D eigenvalue weighted by Crippen LogP contribution is -2.46. The van der Waals surface area contributed by atoms with E-state index in [0.29, 0.717) is 36.2 Å². The maximum atomic E-state index is 13.5. The standard InChI is InChI=1S/C20H20F4N6O/c1-30-7-6-12(9-16(30)18-28-14-4-2-11(21)8-15(14)29-18)26-19(31)27-13-3-5-17(25-10-13)20(22,23)24/h2-5,8,10,12,16H,6-7,9H2,1H3,(H,28,29)(H2,26,27,31)/t12-,16-/m1/s1. The predicted molar refractivity (Wildman–Crippen MR) is 106 cm³/mol. The average molecular weight is 436 g/mol. The van der Waals surface area contributed by atoms with Crippen molar-refractivity contribution in [1.82, 2.24) is 25.2 Å². The van der Waals surface area contributed by atoms with Crippen LogP contribution in [0.1, 0.15) is 30.4 Å². The third kappa shape index (κ3) is 4.76. The molecule has 0 spiro atoms. The normalized spacial score (nSPS) is 20.0. The molecule has 3 aromatic rings. The Morgan fingerprint density at radius 3 is 2.77 bits per heavy atom. The Morgan fingerprint density at radius 1 is 1.26 bits per heavy atom. The van der Waals surface area contributed by atoms with E-state index < -0.39 is 17.9 Å². The van der Waals surface area contributed by atoms with Gasteiger partial charge in [0.05, 0.1) is 29.0 Å². The first-order valence-corrected chi connectivity index (χ1v) is 9.65. The molecule has 1 fully saturated rings. The number of hydrogen-bond acceptors (Lipinski definition) is 4. The van der Waals surface area contributed by atoms with Gasteiger partial charge in [-0.15, -0.1) is 0 Å². The lowest BCUT2D eigenvalue weighted by atomic mass is 9.97. The van der Waals surface area contributed by atoms with Gasteiger partial charge in [-0.1, -0.05) is 0 Å². The summed E-state index contributed by atoms with van der Waals surface area (Å²) in [4.78, 5) is 25.4. The molecule has 1 aliphatic rings. The van der Waals surface area contributed by atoms with Crippen LogP contribution in [0.4, 0.5) is 28.0 Å². The lowest BCUT2D eigenvalue weighted by molar-refractivity contribution is -0.141. The van der Waals surface area contributed by atoms with E-state index in [1.165, 1.54) is 12.1 Å². The van der Waals surface area contributed by atoms with E-state index in [0.717, 1.165) is 18.3 Å². The van der Waals surface area contributed by atoms with Crippen LogP contribution in [0.25, 0.3) is 11.0 Å². The first-order chi connectivity index (χ1) is 14.7. The van der Waals surface area contributed by atoms with Crippen molar-refractivity contribution in [2.45, 2.75) is 31.1 Å². The molecule has 11 heteroatoms. The topological polar surface area (TPSA) is 85.9 Å². The van der Waals surface area contributed by atoms with Gasteiger partial charge >= 0.3 is 12.2 Å². The molecule has 2 aromatic heterocycles. The third-order valence-electron chi connectivity index (χ3n) is 5.29. The number of H-pyrrole nitrogens is 1. The molecule has 0 bridgehead atoms. The fraction of sp³-hybridized carbons (Fsp3) is 0.350. The third-order valence-corrected chi connectivity index (χ3v) is 5.29. The van der Waals surface area contributed by atoms with Crippen LogP contribution in [0.15, 0.2) is 36.5 Å². The number of benzene rings is 1. The zero-order valence-corrected chi connectivity index (χ0v) is 16.5. The number of fused-ring (bicyclic) bond motifs is 1. The van der Waals surface area contributed by atoms with Crippen LogP contribution in [-0.4, -0.2) is 45.5 Å². The highest BCUT2D eigenvalue weighted by Crippen LogP contribution is 2.30. The minimum Gasteiger partial charge on any atom is -0.341 e. The highest BCUT2D eigenvalue weighted by atomic mass is 19.4. The number of likely N-dealkylation sites (tertiary alicyclic amines) is 1. The maximum absolute atomic E-state index is 13.5. The summed E-state index contributed by atoms with van der Waals surface area (Å²) >= 11 is 0. The largest absolute Gasteiger partial charge is 0.433 e. The smallest absolute Gasteiger partial charge is 0.341 e. The van der Waals surface area contributed by atoms with Crippen LogP contribution < -0.4 is 10.6 Å². The number of rotatable bonds is 3. The number of aromatic amines is 1. The Balaban J connectivity index is 1.40. The molecule has 3 N–H and O–H groups in total. The molecule has 3 heterocycles. The Labute approximate surface area is 174 Å². The van der Waals surface area contributed by atoms with Crippen molar-refractivity contribution in [3.05, 3.63) is 53.9 Å². The van der Waals surface area contributed by atoms with E-state index in [1.54, 1.807) is 6.07 Å². The Bertz CT molecular complexity index is 1080. The Morgan fingerprint density at radius 2 is 2.06 bits per heavy atom. The first-order valence-electron chi connectivity index (χ1n) is 9.65. The molecule has 0 saturated carbocycles. The summed E-state index contributed by atoms with van der Waals surface area (Å²) in [6.07, 6.45) is -2.31. The van der Waals surface area contributed by atoms with Crippen molar-refractivity contribution < 1.29 is 22.4 Å². The quantitative estimate of drug-likeness (QED) is 0.541. The zero-order valence-electron chi connectivity index (χ0n) is 16.5. The van der Waals surface area contributed by atoms with Gasteiger partial charge in [-0.2, -0.15) is 13.2 Å². The number of nitrogens with one attached hydrogen (secondary N) is 3. The van der Waals surface area contributed by atoms with E-state index >= 15 is 0 Å². The van der Waals surface area contributed by atoms with Crippen molar-refractivity contribution in [3.8, 4) is 0 Å². The summed E-state index contributed by atoms with van der Waals surface area (Å²) in [5, 5.41) is 5.35. The van der Waals surface area contributed by atoms with E-state index in [4.69, 9.17) is 0 Å². The number of alkyl halides is 3. The highest BCUT2D eigenvalue weighted by molar-refractivity contribution is 5.89. The zero-order chi connectivity index (χ0) is 22.2. The van der Waals surface area contributed by atoms with E-state index in [2.05, 4.69) is 30.5 Å². The molecule has 0 aliphatic carbocycles. The number of nitrogens with zero attached hydrogens (tertiary/aromatic N) is 3. The maximum Gasteiger partial charge on any atom is 0.433 e. The van der Waals surface area contributed by atoms with Crippen LogP contribution in [0, 0.1) is 5.82 Å². The fourth-order valence-electron chi connectivity index (χ4n) is 3.68. The summed E-state index contributed by atoms with van der Waals surface area (Å²) in [6, 6.07) is 5.50. The van der Waals surface area contributed by atoms with Crippen LogP contribution in [-0.2, 0) is 6.18 Å². The molecule has 2 atom stereocenters. The van der Waals surface area contributed by atoms with Crippen LogP contribution >= 0.6 is 0 Å². The van der Waals surface area contributed by atoms with Crippen molar-refractivity contribution in [3.63, 3.8) is 0 Å². The predicted octanol–water partition coefficient (Wildman–Crippen LogP) is 4.07. The van der Waals surface area contributed by atoms with Gasteiger partial charge in [-0.05, 0) is 50.2 Å². The van der Waals surface area contributed by atoms with E-state index in [9.17, 15) is 22.4 Å². The van der Waals surface area contributed by atoms with Crippen molar-refractivity contribution in [2.24, 2.45) is 0 Å². The SMILES string of the molecule is CN1CC[C@@H](NC(=O)Nc2ccc(C(F)(F)F)nc2)C[C@@H]1c1nc2ccc(F)cc2[nH]1. The number of aromatic nitrogens is 3. The second-order valence-corrected chi connectivity index (χ2v) is 7.53. The molecule has 1 saturated heterocycles. The summed E-state index contributed by atoms with van der Waals surface area (Å²) in [5.41, 5.74) is 0.398. The van der Waals surface area contributed by atoms with Gasteiger partial charge < -0.3 is 15.6 Å². The molecule has 0 unspecified atom stereocenters. The fourth-order valence-corrected chi connectivity index (χ4v) is 3.68. The number of carbonyl (C=O) groups is 1. The monoisotopic (exact) mass is 436 g/mol. The van der Waals surface area contributed by atoms with Crippen LogP contribution in [0.3, 0.4) is 0 Å². The summed E-state index contributed by atoms with van der Waals surface area (Å²) in [7, 11) is 1.95. The minimum atomic E-state index is -4.54. The first kappa shape index (κ1) is 21.0. The van der Waals surface area contributed by atoms with Gasteiger partial charge in [0.15, 0.2) is 0 Å². The average Bonchev–Trinajstić information content (AvgIpc) is 3.12. The van der Waals surface area contributed by atoms with E-state index in [1.807, 2.05) is 7.05 Å². The molecule has 1 aromatic carbocycles. The molecule has 0 radical (unpaired) electrons. The Kier molecular flexibility index (Phi) is 5.52. The molecule has 7 nitrogen and oxygen atoms in total. The van der Waals surface area contributed by atoms with Crippen LogP contribution in [0.5, 0.6) is 0 Å². The van der Waals surface area contributed by atoms with Crippen molar-refractivity contribution >= 4 is 22.8 Å². The van der Waals surface area contributed by atoms with Crippen molar-refractivity contribution in [2.75, 3.05) is 18.9 Å². The number of carbonyl (C=O) groups excluding carboxylic acids is 1. The second kappa shape index (κ2) is 8.14. The summed E-state index contributed by atoms with van der Waals surface area (Å²) in [6.45, 7) is 0.697. The molecule has 2 amide bonds. The van der Waals surface area contributed by atoms with Gasteiger partial charge in [-0.25, -0.2) is 19.2 Å². The number of halogens is 4. The molecule has 31 heavy (non-hydrogen) atoms. The molecule has 1 aliphatic heterocycles. The molecule has 164 valence electrons. The van der Waals surface area contributed by atoms with Gasteiger partial charge in [0.25, 0.3) is 0 Å². The number of urea groups is 1. The lowest BCUT2D eigenvalue weighted by Gasteiger charge is -2.36. The number of anilines is 1. The molecule has 4 rings (SSSR count). The minimum absolute atomic E-state index is 0.109. The van der Waals surface area contributed by atoms with Gasteiger partial charge in [0.1, 0.15) is 17.3 Å². The number of hydrogen-bond donors (Lipinski definition) is 3. The highest BCUT2D eigenvalue weighted by Gasteiger charge is 2.32. The van der Waals surface area contributed by atoms with Gasteiger partial charge in [0, 0.05) is 12.6 Å². The molecular formula is C20H20F4N6O. The Hall–Kier alpha value is -3.21. The summed E-state index contributed by atoms with van der Waals surface area (Å²) in [5.74, 6) is 0.329. The number of pyridine rings is 1. The van der Waals surface area contributed by atoms with Gasteiger partial charge in [-0.3, -0.25) is 4.90 Å². The molecular weight excluding hydrogens is 416 g/mol. The second-order valence-electron chi connectivity index (χ2n) is 7.53. The van der Waals surface area contributed by atoms with Crippen LogP contribution in [0.2, 0.25) is 0 Å². The number of piperidine rings is 1. The number of amides is 2. The van der Waals surface area contributed by atoms with Crippen molar-refractivity contribution in [1.29, 1.82) is 0 Å². The number of imidazole rings is 1. The summed E-state index contributed by atoms with van der Waals surface area (Å²) < 4.78 is 51.2.